The Bertz CT molecular complexity index is 709. The van der Waals surface area contributed by atoms with Crippen LogP contribution in [0.25, 0.3) is 0 Å². The molecule has 30 heavy (non-hydrogen) atoms. The molecule has 1 rings (SSSR count). The van der Waals surface area contributed by atoms with Gasteiger partial charge in [-0.1, -0.05) is 0 Å². The summed E-state index contributed by atoms with van der Waals surface area (Å²) in [6.45, 7) is 1.74. The first-order chi connectivity index (χ1) is 13.9. The van der Waals surface area contributed by atoms with E-state index >= 15 is 0 Å². The van der Waals surface area contributed by atoms with Crippen LogP contribution in [-0.4, -0.2) is 86.6 Å². The quantitative estimate of drug-likeness (QED) is 0.206. The molecule has 3 amide bonds. The zero-order chi connectivity index (χ0) is 23.0. The van der Waals surface area contributed by atoms with Crippen molar-refractivity contribution < 1.29 is 44.1 Å². The Labute approximate surface area is 171 Å². The number of nitrogens with two attached hydrogens (primary N) is 1. The molecule has 13 nitrogen and oxygen atoms in total. The first-order valence-electron chi connectivity index (χ1n) is 9.27. The maximum atomic E-state index is 12.6. The van der Waals surface area contributed by atoms with Crippen LogP contribution in [0.5, 0.6) is 0 Å². The lowest BCUT2D eigenvalue weighted by Crippen LogP contribution is -2.56. The Morgan fingerprint density at radius 1 is 1.03 bits per heavy atom. The summed E-state index contributed by atoms with van der Waals surface area (Å²) in [6.07, 6.45) is -0.992. The molecule has 1 heterocycles. The maximum absolute atomic E-state index is 12.6. The molecule has 1 fully saturated rings. The molecule has 1 aliphatic rings. The van der Waals surface area contributed by atoms with E-state index in [1.807, 2.05) is 5.32 Å². The normalized spacial score (nSPS) is 18.7. The molecule has 1 saturated heterocycles. The maximum Gasteiger partial charge on any atom is 0.326 e. The lowest BCUT2D eigenvalue weighted by molar-refractivity contribution is -0.145. The van der Waals surface area contributed by atoms with Crippen LogP contribution < -0.4 is 16.4 Å². The SMILES string of the molecule is CC(N)C(=O)N1CCCC1C(=O)NC(CC(=O)O)C(=O)NC(CCC(=O)O)C(=O)O. The summed E-state index contributed by atoms with van der Waals surface area (Å²) in [5.41, 5.74) is 5.56. The molecule has 0 bridgehead atoms. The monoisotopic (exact) mass is 430 g/mol. The molecule has 168 valence electrons. The van der Waals surface area contributed by atoms with Crippen molar-refractivity contribution in [2.24, 2.45) is 5.73 Å². The lowest BCUT2D eigenvalue weighted by atomic mass is 10.1. The predicted octanol–water partition coefficient (Wildman–Crippen LogP) is -2.28. The number of hydrogen-bond donors (Lipinski definition) is 6. The fraction of sp³-hybridized carbons (Fsp3) is 0.647. The first kappa shape index (κ1) is 24.8. The molecule has 7 N–H and O–H groups in total. The van der Waals surface area contributed by atoms with Gasteiger partial charge >= 0.3 is 17.9 Å². The molecule has 0 aromatic carbocycles. The van der Waals surface area contributed by atoms with E-state index in [1.54, 1.807) is 0 Å². The van der Waals surface area contributed by atoms with E-state index in [9.17, 15) is 28.8 Å². The minimum atomic E-state index is -1.62. The number of carbonyl (C=O) groups excluding carboxylic acids is 3. The number of hydrogen-bond acceptors (Lipinski definition) is 7. The minimum Gasteiger partial charge on any atom is -0.481 e. The van der Waals surface area contributed by atoms with E-state index in [0.717, 1.165) is 0 Å². The van der Waals surface area contributed by atoms with Crippen LogP contribution in [0.4, 0.5) is 0 Å². The van der Waals surface area contributed by atoms with E-state index in [2.05, 4.69) is 5.32 Å². The average Bonchev–Trinajstić information content (AvgIpc) is 3.12. The largest absolute Gasteiger partial charge is 0.481 e. The van der Waals surface area contributed by atoms with E-state index in [-0.39, 0.29) is 6.54 Å². The van der Waals surface area contributed by atoms with Gasteiger partial charge in [0.1, 0.15) is 18.1 Å². The van der Waals surface area contributed by atoms with Gasteiger partial charge in [0.2, 0.25) is 17.7 Å². The second-order valence-electron chi connectivity index (χ2n) is 6.97. The van der Waals surface area contributed by atoms with Crippen molar-refractivity contribution in [1.29, 1.82) is 0 Å². The van der Waals surface area contributed by atoms with E-state index < -0.39 is 79.1 Å². The molecular weight excluding hydrogens is 404 g/mol. The average molecular weight is 430 g/mol. The third kappa shape index (κ3) is 7.31. The smallest absolute Gasteiger partial charge is 0.326 e. The zero-order valence-electron chi connectivity index (χ0n) is 16.4. The third-order valence-corrected chi connectivity index (χ3v) is 4.50. The van der Waals surface area contributed by atoms with Crippen molar-refractivity contribution in [3.8, 4) is 0 Å². The Balaban J connectivity index is 2.89. The zero-order valence-corrected chi connectivity index (χ0v) is 16.4. The highest BCUT2D eigenvalue weighted by atomic mass is 16.4. The molecule has 13 heteroatoms. The van der Waals surface area contributed by atoms with Crippen LogP contribution in [0.15, 0.2) is 0 Å². The molecule has 0 radical (unpaired) electrons. The number of carboxylic acids is 3. The Hall–Kier alpha value is -3.22. The molecule has 1 aliphatic heterocycles. The lowest BCUT2D eigenvalue weighted by Gasteiger charge is -2.27. The van der Waals surface area contributed by atoms with Crippen molar-refractivity contribution in [2.45, 2.75) is 63.2 Å². The Morgan fingerprint density at radius 3 is 2.17 bits per heavy atom. The summed E-state index contributed by atoms with van der Waals surface area (Å²) in [7, 11) is 0. The molecular formula is C17H26N4O9. The van der Waals surface area contributed by atoms with Crippen LogP contribution in [0.1, 0.15) is 39.0 Å². The van der Waals surface area contributed by atoms with Crippen molar-refractivity contribution in [3.63, 3.8) is 0 Å². The van der Waals surface area contributed by atoms with Gasteiger partial charge in [-0.3, -0.25) is 24.0 Å². The van der Waals surface area contributed by atoms with Crippen molar-refractivity contribution in [1.82, 2.24) is 15.5 Å². The topological polar surface area (TPSA) is 216 Å². The molecule has 0 aliphatic carbocycles. The molecule has 4 atom stereocenters. The standard InChI is InChI=1S/C17H26N4O9/c1-8(18)16(28)21-6-2-3-11(21)15(27)20-10(7-13(24)25)14(26)19-9(17(29)30)4-5-12(22)23/h8-11H,2-7,18H2,1H3,(H,19,26)(H,20,27)(H,22,23)(H,24,25)(H,29,30). The second kappa shape index (κ2) is 11.1. The van der Waals surface area contributed by atoms with Crippen LogP contribution >= 0.6 is 0 Å². The summed E-state index contributed by atoms with van der Waals surface area (Å²) in [5.74, 6) is -6.53. The van der Waals surface area contributed by atoms with Crippen LogP contribution in [0.2, 0.25) is 0 Å². The minimum absolute atomic E-state index is 0.282. The van der Waals surface area contributed by atoms with Crippen LogP contribution in [-0.2, 0) is 28.8 Å². The molecule has 0 aromatic heterocycles. The van der Waals surface area contributed by atoms with Crippen molar-refractivity contribution in [2.75, 3.05) is 6.54 Å². The molecule has 0 saturated carbocycles. The van der Waals surface area contributed by atoms with Gasteiger partial charge in [-0.05, 0) is 26.2 Å². The number of nitrogens with one attached hydrogen (secondary N) is 2. The van der Waals surface area contributed by atoms with Gasteiger partial charge in [-0.2, -0.15) is 0 Å². The summed E-state index contributed by atoms with van der Waals surface area (Å²) in [4.78, 5) is 71.4. The van der Waals surface area contributed by atoms with Gasteiger partial charge in [0, 0.05) is 13.0 Å². The van der Waals surface area contributed by atoms with Gasteiger partial charge in [0.15, 0.2) is 0 Å². The highest BCUT2D eigenvalue weighted by Crippen LogP contribution is 2.18. The number of carboxylic acid groups (broad SMARTS) is 3. The number of aliphatic carboxylic acids is 3. The van der Waals surface area contributed by atoms with Gasteiger partial charge in [0.05, 0.1) is 12.5 Å². The first-order valence-corrected chi connectivity index (χ1v) is 9.27. The number of rotatable bonds is 11. The van der Waals surface area contributed by atoms with Gasteiger partial charge in [0.25, 0.3) is 0 Å². The van der Waals surface area contributed by atoms with Crippen molar-refractivity contribution in [3.05, 3.63) is 0 Å². The van der Waals surface area contributed by atoms with Gasteiger partial charge < -0.3 is 36.6 Å². The highest BCUT2D eigenvalue weighted by Gasteiger charge is 2.37. The number of nitrogens with zero attached hydrogens (tertiary/aromatic N) is 1. The van der Waals surface area contributed by atoms with Crippen LogP contribution in [0, 0.1) is 0 Å². The Morgan fingerprint density at radius 2 is 1.67 bits per heavy atom. The highest BCUT2D eigenvalue weighted by molar-refractivity contribution is 5.95. The van der Waals surface area contributed by atoms with Gasteiger partial charge in [-0.25, -0.2) is 4.79 Å². The van der Waals surface area contributed by atoms with Gasteiger partial charge in [-0.15, -0.1) is 0 Å². The predicted molar refractivity (Wildman–Crippen MR) is 99.0 cm³/mol. The van der Waals surface area contributed by atoms with E-state index in [1.165, 1.54) is 11.8 Å². The van der Waals surface area contributed by atoms with E-state index in [0.29, 0.717) is 12.8 Å². The summed E-state index contributed by atoms with van der Waals surface area (Å²) in [5, 5.41) is 31.1. The van der Waals surface area contributed by atoms with E-state index in [4.69, 9.17) is 21.1 Å². The molecule has 0 spiro atoms. The van der Waals surface area contributed by atoms with Crippen molar-refractivity contribution >= 4 is 35.6 Å². The summed E-state index contributed by atoms with van der Waals surface area (Å²) in [6, 6.07) is -4.98. The number of likely N-dealkylation sites (tertiary alicyclic amines) is 1. The Kier molecular flexibility index (Phi) is 9.17. The fourth-order valence-electron chi connectivity index (χ4n) is 3.01. The summed E-state index contributed by atoms with van der Waals surface area (Å²) >= 11 is 0. The third-order valence-electron chi connectivity index (χ3n) is 4.50. The fourth-order valence-corrected chi connectivity index (χ4v) is 3.01. The summed E-state index contributed by atoms with van der Waals surface area (Å²) < 4.78 is 0. The number of carbonyl (C=O) groups is 6. The van der Waals surface area contributed by atoms with Crippen LogP contribution in [0.3, 0.4) is 0 Å². The second-order valence-corrected chi connectivity index (χ2v) is 6.97. The molecule has 4 unspecified atom stereocenters. The number of amides is 3. The molecule has 0 aromatic rings.